The summed E-state index contributed by atoms with van der Waals surface area (Å²) >= 11 is 0. The Morgan fingerprint density at radius 3 is 1.15 bits per heavy atom. The summed E-state index contributed by atoms with van der Waals surface area (Å²) in [4.78, 5) is 84.0. The predicted molar refractivity (Wildman–Crippen MR) is 200 cm³/mol. The first-order chi connectivity index (χ1) is 25.1. The lowest BCUT2D eigenvalue weighted by Crippen LogP contribution is -2.44. The van der Waals surface area contributed by atoms with Crippen LogP contribution in [0.1, 0.15) is 125 Å². The number of likely N-dealkylation sites (tertiary alicyclic amines) is 4. The fraction of sp³-hybridized carbons (Fsp3) is 0.811. The zero-order valence-electron chi connectivity index (χ0n) is 33.0. The molecule has 0 spiro atoms. The van der Waals surface area contributed by atoms with Crippen molar-refractivity contribution in [1.82, 2.24) is 19.6 Å². The Hall–Kier alpha value is -3.63. The molecule has 16 nitrogen and oxygen atoms in total. The molecule has 0 aromatic rings. The van der Waals surface area contributed by atoms with Gasteiger partial charge in [-0.05, 0) is 64.7 Å². The zero-order chi connectivity index (χ0) is 40.7. The number of carboxylic acids is 1. The third-order valence-corrected chi connectivity index (χ3v) is 9.69. The topological polar surface area (TPSA) is 245 Å². The van der Waals surface area contributed by atoms with Crippen molar-refractivity contribution in [2.75, 3.05) is 39.4 Å². The van der Waals surface area contributed by atoms with E-state index in [0.29, 0.717) is 51.6 Å². The largest absolute Gasteiger partial charge is 0.480 e. The Morgan fingerprint density at radius 1 is 0.585 bits per heavy atom. The normalized spacial score (nSPS) is 19.4. The van der Waals surface area contributed by atoms with Gasteiger partial charge in [0.25, 0.3) is 0 Å². The third kappa shape index (κ3) is 16.9. The van der Waals surface area contributed by atoms with Crippen LogP contribution in [0.3, 0.4) is 0 Å². The second kappa shape index (κ2) is 27.0. The highest BCUT2D eigenvalue weighted by Crippen LogP contribution is 2.18. The van der Waals surface area contributed by atoms with E-state index in [1.165, 1.54) is 4.90 Å². The molecule has 0 bridgehead atoms. The summed E-state index contributed by atoms with van der Waals surface area (Å²) in [7, 11) is 0. The van der Waals surface area contributed by atoms with Gasteiger partial charge in [-0.25, -0.2) is 4.79 Å². The molecule has 5 atom stereocenters. The molecule has 0 saturated carbocycles. The molecule has 4 saturated heterocycles. The molecule has 7 N–H and O–H groups in total. The number of aliphatic hydroxyl groups excluding tert-OH is 2. The van der Waals surface area contributed by atoms with E-state index >= 15 is 0 Å². The average molecular weight is 757 g/mol. The molecular formula is C37H68N6O10. The van der Waals surface area contributed by atoms with E-state index in [1.54, 1.807) is 28.5 Å². The van der Waals surface area contributed by atoms with Crippen molar-refractivity contribution >= 4 is 41.3 Å². The Kier molecular flexibility index (Phi) is 25.2. The standard InChI is InChI=1S/C9H15NO2.C8H14N2O2.C8H13NO3.C8H15NO2.C4H11NO/c1-3-8(7(2)11)10-6-4-5-9(10)12;1-2-6(8(9)12)10-5-3-4-7(10)11;1-2-6(8(11)12)9-5-3-4-7(9)10;1-2-7(6-10)9-5-3-4-8(9)11;1-2-4(5)3-6/h8H,3-6H2,1-2H3;6H,2-5H2,1H3,(H2,9,12);6H,2-5H2,1H3,(H,11,12);7,10H,2-6H2,1H3;4,6H,2-3,5H2,1H3/t8-;2*6-;7-;4-/m00000/s1. The number of rotatable bonds is 14. The lowest BCUT2D eigenvalue weighted by atomic mass is 10.1. The number of nitrogens with two attached hydrogens (primary N) is 2. The maximum Gasteiger partial charge on any atom is 0.326 e. The highest BCUT2D eigenvalue weighted by atomic mass is 16.4. The number of aliphatic carboxylic acids is 1. The molecule has 4 heterocycles. The maximum absolute atomic E-state index is 11.3. The Labute approximate surface area is 315 Å². The van der Waals surface area contributed by atoms with Crippen LogP contribution in [-0.2, 0) is 33.6 Å². The smallest absolute Gasteiger partial charge is 0.326 e. The number of amides is 5. The summed E-state index contributed by atoms with van der Waals surface area (Å²) < 4.78 is 0. The molecule has 0 unspecified atom stereocenters. The number of carbonyl (C=O) groups excluding carboxylic acids is 6. The molecule has 4 fully saturated rings. The number of ketones is 1. The lowest BCUT2D eigenvalue weighted by molar-refractivity contribution is -0.148. The van der Waals surface area contributed by atoms with Crippen LogP contribution < -0.4 is 11.5 Å². The van der Waals surface area contributed by atoms with Crippen molar-refractivity contribution < 1.29 is 48.9 Å². The van der Waals surface area contributed by atoms with E-state index in [9.17, 15) is 33.6 Å². The molecule has 0 aliphatic carbocycles. The molecule has 0 aromatic heterocycles. The van der Waals surface area contributed by atoms with Crippen LogP contribution in [-0.4, -0.2) is 146 Å². The van der Waals surface area contributed by atoms with E-state index < -0.39 is 17.9 Å². The van der Waals surface area contributed by atoms with Gasteiger partial charge in [0.2, 0.25) is 29.5 Å². The summed E-state index contributed by atoms with van der Waals surface area (Å²) in [5, 5.41) is 25.9. The van der Waals surface area contributed by atoms with Gasteiger partial charge >= 0.3 is 5.97 Å². The Bertz CT molecular complexity index is 1060. The highest BCUT2D eigenvalue weighted by molar-refractivity contribution is 5.89. The van der Waals surface area contributed by atoms with Crippen molar-refractivity contribution in [2.24, 2.45) is 11.5 Å². The molecule has 16 heteroatoms. The summed E-state index contributed by atoms with van der Waals surface area (Å²) in [6.07, 6.45) is 9.39. The number of carboxylic acid groups (broad SMARTS) is 1. The lowest BCUT2D eigenvalue weighted by Gasteiger charge is -2.24. The monoisotopic (exact) mass is 756 g/mol. The number of hydrogen-bond donors (Lipinski definition) is 5. The van der Waals surface area contributed by atoms with E-state index in [2.05, 4.69) is 0 Å². The summed E-state index contributed by atoms with van der Waals surface area (Å²) in [5.74, 6) is -0.818. The minimum Gasteiger partial charge on any atom is -0.480 e. The highest BCUT2D eigenvalue weighted by Gasteiger charge is 2.32. The van der Waals surface area contributed by atoms with E-state index in [1.807, 2.05) is 27.7 Å². The van der Waals surface area contributed by atoms with Crippen LogP contribution in [0.2, 0.25) is 0 Å². The molecular weight excluding hydrogens is 688 g/mol. The van der Waals surface area contributed by atoms with Gasteiger partial charge in [0.1, 0.15) is 12.1 Å². The molecule has 4 aliphatic heterocycles. The number of hydrogen-bond acceptors (Lipinski definition) is 10. The Morgan fingerprint density at radius 2 is 0.943 bits per heavy atom. The molecule has 4 aliphatic rings. The molecule has 306 valence electrons. The second-order valence-corrected chi connectivity index (χ2v) is 13.5. The number of carbonyl (C=O) groups is 7. The van der Waals surface area contributed by atoms with Gasteiger partial charge in [0.15, 0.2) is 5.78 Å². The second-order valence-electron chi connectivity index (χ2n) is 13.5. The van der Waals surface area contributed by atoms with Crippen LogP contribution >= 0.6 is 0 Å². The summed E-state index contributed by atoms with van der Waals surface area (Å²) in [6.45, 7) is 14.2. The summed E-state index contributed by atoms with van der Waals surface area (Å²) in [6, 6.07) is -1.12. The van der Waals surface area contributed by atoms with Crippen molar-refractivity contribution in [2.45, 2.75) is 155 Å². The number of primary amides is 1. The molecule has 0 aromatic carbocycles. The van der Waals surface area contributed by atoms with Gasteiger partial charge in [-0.1, -0.05) is 34.6 Å². The average Bonchev–Trinajstić information content (AvgIpc) is 3.95. The van der Waals surface area contributed by atoms with Crippen molar-refractivity contribution in [3.05, 3.63) is 0 Å². The molecule has 0 radical (unpaired) electrons. The van der Waals surface area contributed by atoms with E-state index in [0.717, 1.165) is 58.0 Å². The zero-order valence-corrected chi connectivity index (χ0v) is 33.0. The molecule has 53 heavy (non-hydrogen) atoms. The number of aliphatic hydroxyl groups is 2. The van der Waals surface area contributed by atoms with E-state index in [-0.39, 0.29) is 66.8 Å². The van der Waals surface area contributed by atoms with E-state index in [4.69, 9.17) is 26.8 Å². The number of Topliss-reactive ketones (excluding diaryl/α,β-unsaturated/α-hetero) is 1. The van der Waals surface area contributed by atoms with Crippen LogP contribution in [0.4, 0.5) is 0 Å². The predicted octanol–water partition coefficient (Wildman–Crippen LogP) is 1.42. The van der Waals surface area contributed by atoms with Gasteiger partial charge in [0.05, 0.1) is 25.3 Å². The quantitative estimate of drug-likeness (QED) is 0.170. The van der Waals surface area contributed by atoms with Crippen molar-refractivity contribution in [3.8, 4) is 0 Å². The van der Waals surface area contributed by atoms with Crippen molar-refractivity contribution in [3.63, 3.8) is 0 Å². The van der Waals surface area contributed by atoms with Crippen LogP contribution in [0.25, 0.3) is 0 Å². The fourth-order valence-corrected chi connectivity index (χ4v) is 6.46. The minimum atomic E-state index is -0.896. The number of nitrogens with zero attached hydrogens (tertiary/aromatic N) is 4. The van der Waals surface area contributed by atoms with Crippen molar-refractivity contribution in [1.29, 1.82) is 0 Å². The van der Waals surface area contributed by atoms with Gasteiger partial charge < -0.3 is 46.4 Å². The van der Waals surface area contributed by atoms with Crippen LogP contribution in [0, 0.1) is 0 Å². The SMILES string of the molecule is CC[C@@H](C(=O)O)N1CCCC1=O.CC[C@@H](C(C)=O)N1CCCC1=O.CC[C@@H](C(N)=O)N1CCCC1=O.CC[C@@H](CO)N1CCCC1=O.CC[C@H](N)CO. The van der Waals surface area contributed by atoms with Crippen LogP contribution in [0.5, 0.6) is 0 Å². The fourth-order valence-electron chi connectivity index (χ4n) is 6.46. The van der Waals surface area contributed by atoms with Gasteiger partial charge in [-0.15, -0.1) is 0 Å². The van der Waals surface area contributed by atoms with Gasteiger partial charge in [-0.3, -0.25) is 28.8 Å². The first-order valence-corrected chi connectivity index (χ1v) is 19.3. The first kappa shape index (κ1) is 49.4. The van der Waals surface area contributed by atoms with Crippen LogP contribution in [0.15, 0.2) is 0 Å². The minimum absolute atomic E-state index is 0.00926. The molecule has 5 amide bonds. The summed E-state index contributed by atoms with van der Waals surface area (Å²) in [5.41, 5.74) is 10.4. The first-order valence-electron chi connectivity index (χ1n) is 19.3. The third-order valence-electron chi connectivity index (χ3n) is 9.69. The maximum atomic E-state index is 11.3. The molecule has 4 rings (SSSR count). The van der Waals surface area contributed by atoms with Gasteiger partial charge in [-0.2, -0.15) is 0 Å². The Balaban J connectivity index is 0.000000648. The van der Waals surface area contributed by atoms with Gasteiger partial charge in [0, 0.05) is 57.9 Å².